The van der Waals surface area contributed by atoms with Crippen molar-refractivity contribution in [1.29, 1.82) is 0 Å². The van der Waals surface area contributed by atoms with E-state index in [1.807, 2.05) is 0 Å². The SMILES string of the molecule is CCO/C(C)=N/C(=O)c1cc(S(=O)(=O)NC)ccc1Oc1cccc(C(F)(F)F)c1. The van der Waals surface area contributed by atoms with Crippen molar-refractivity contribution in [1.82, 2.24) is 4.72 Å². The number of aliphatic imine (C=N–C) groups is 1. The molecule has 0 heterocycles. The number of nitrogens with zero attached hydrogens (tertiary/aromatic N) is 1. The number of halogens is 3. The molecule has 0 fully saturated rings. The van der Waals surface area contributed by atoms with Crippen molar-refractivity contribution >= 4 is 21.8 Å². The smallest absolute Gasteiger partial charge is 0.416 e. The van der Waals surface area contributed by atoms with Crippen LogP contribution < -0.4 is 9.46 Å². The highest BCUT2D eigenvalue weighted by molar-refractivity contribution is 7.89. The maximum absolute atomic E-state index is 12.9. The molecule has 11 heteroatoms. The van der Waals surface area contributed by atoms with Crippen LogP contribution in [0.15, 0.2) is 52.4 Å². The van der Waals surface area contributed by atoms with E-state index >= 15 is 0 Å². The molecule has 0 radical (unpaired) electrons. The summed E-state index contributed by atoms with van der Waals surface area (Å²) < 4.78 is 75.6. The minimum atomic E-state index is -4.58. The number of rotatable bonds is 6. The lowest BCUT2D eigenvalue weighted by Crippen LogP contribution is -2.19. The summed E-state index contributed by atoms with van der Waals surface area (Å²) in [5.74, 6) is -1.19. The summed E-state index contributed by atoms with van der Waals surface area (Å²) in [4.78, 5) is 16.1. The minimum absolute atomic E-state index is 0.0365. The number of hydrogen-bond acceptors (Lipinski definition) is 5. The fourth-order valence-corrected chi connectivity index (χ4v) is 3.11. The van der Waals surface area contributed by atoms with Gasteiger partial charge in [0.1, 0.15) is 11.5 Å². The third-order valence-corrected chi connectivity index (χ3v) is 5.17. The number of nitrogens with one attached hydrogen (secondary N) is 1. The number of benzene rings is 2. The van der Waals surface area contributed by atoms with Crippen LogP contribution in [0.2, 0.25) is 0 Å². The lowest BCUT2D eigenvalue weighted by atomic mass is 10.1. The summed E-state index contributed by atoms with van der Waals surface area (Å²) in [7, 11) is -2.70. The zero-order valence-corrected chi connectivity index (χ0v) is 17.1. The van der Waals surface area contributed by atoms with E-state index in [-0.39, 0.29) is 34.5 Å². The summed E-state index contributed by atoms with van der Waals surface area (Å²) in [6.45, 7) is 3.37. The monoisotopic (exact) mass is 444 g/mol. The largest absolute Gasteiger partial charge is 0.481 e. The second-order valence-electron chi connectivity index (χ2n) is 5.86. The van der Waals surface area contributed by atoms with Crippen LogP contribution in [-0.2, 0) is 20.9 Å². The second-order valence-corrected chi connectivity index (χ2v) is 7.75. The Hall–Kier alpha value is -2.92. The van der Waals surface area contributed by atoms with Crippen LogP contribution in [0, 0.1) is 0 Å². The number of amides is 1. The number of alkyl halides is 3. The standard InChI is InChI=1S/C19H19F3N2O5S/c1-4-28-12(2)24-18(25)16-11-15(30(26,27)23-3)8-9-17(16)29-14-7-5-6-13(10-14)19(20,21)22/h5-11,23H,4H2,1-3H3/b24-12+. The highest BCUT2D eigenvalue weighted by Gasteiger charge is 2.30. The normalized spacial score (nSPS) is 12.5. The van der Waals surface area contributed by atoms with Gasteiger partial charge in [-0.2, -0.15) is 18.2 Å². The lowest BCUT2D eigenvalue weighted by molar-refractivity contribution is -0.137. The fraction of sp³-hybridized carbons (Fsp3) is 0.263. The van der Waals surface area contributed by atoms with Gasteiger partial charge in [-0.05, 0) is 50.4 Å². The van der Waals surface area contributed by atoms with Crippen molar-refractivity contribution < 1.29 is 35.9 Å². The molecule has 0 saturated carbocycles. The Morgan fingerprint density at radius 3 is 2.47 bits per heavy atom. The van der Waals surface area contributed by atoms with E-state index < -0.39 is 27.7 Å². The van der Waals surface area contributed by atoms with Gasteiger partial charge in [-0.1, -0.05) is 6.07 Å². The molecule has 0 aliphatic carbocycles. The number of sulfonamides is 1. The van der Waals surface area contributed by atoms with E-state index in [0.29, 0.717) is 0 Å². The Bertz CT molecular complexity index is 1070. The Kier molecular flexibility index (Phi) is 7.21. The van der Waals surface area contributed by atoms with E-state index in [0.717, 1.165) is 30.3 Å². The van der Waals surface area contributed by atoms with Crippen LogP contribution in [-0.4, -0.2) is 33.9 Å². The molecule has 2 rings (SSSR count). The summed E-state index contributed by atoms with van der Waals surface area (Å²) in [5, 5.41) is 0. The maximum atomic E-state index is 12.9. The van der Waals surface area contributed by atoms with E-state index in [4.69, 9.17) is 9.47 Å². The molecular weight excluding hydrogens is 425 g/mol. The van der Waals surface area contributed by atoms with Gasteiger partial charge in [-0.25, -0.2) is 13.1 Å². The molecule has 2 aromatic rings. The molecule has 2 aromatic carbocycles. The first-order chi connectivity index (χ1) is 14.0. The van der Waals surface area contributed by atoms with Crippen molar-refractivity contribution in [2.45, 2.75) is 24.9 Å². The van der Waals surface area contributed by atoms with E-state index in [9.17, 15) is 26.4 Å². The van der Waals surface area contributed by atoms with Gasteiger partial charge in [0, 0.05) is 6.92 Å². The Morgan fingerprint density at radius 1 is 1.17 bits per heavy atom. The first-order valence-corrected chi connectivity index (χ1v) is 10.1. The van der Waals surface area contributed by atoms with Crippen LogP contribution in [0.5, 0.6) is 11.5 Å². The molecule has 7 nitrogen and oxygen atoms in total. The number of ether oxygens (including phenoxy) is 2. The van der Waals surface area contributed by atoms with Gasteiger partial charge in [-0.15, -0.1) is 0 Å². The van der Waals surface area contributed by atoms with Gasteiger partial charge in [0.2, 0.25) is 10.0 Å². The first kappa shape index (κ1) is 23.4. The van der Waals surface area contributed by atoms with Crippen molar-refractivity contribution in [2.75, 3.05) is 13.7 Å². The lowest BCUT2D eigenvalue weighted by Gasteiger charge is -2.13. The van der Waals surface area contributed by atoms with Gasteiger partial charge in [-0.3, -0.25) is 4.79 Å². The van der Waals surface area contributed by atoms with E-state index in [1.54, 1.807) is 6.92 Å². The molecule has 0 aliphatic heterocycles. The molecule has 0 aromatic heterocycles. The molecule has 0 unspecified atom stereocenters. The third-order valence-electron chi connectivity index (χ3n) is 3.76. The average Bonchev–Trinajstić information content (AvgIpc) is 2.67. The zero-order chi connectivity index (χ0) is 22.5. The summed E-state index contributed by atoms with van der Waals surface area (Å²) >= 11 is 0. The zero-order valence-electron chi connectivity index (χ0n) is 16.3. The molecule has 162 valence electrons. The van der Waals surface area contributed by atoms with Crippen molar-refractivity contribution in [3.8, 4) is 11.5 Å². The number of carbonyl (C=O) groups excluding carboxylic acids is 1. The number of hydrogen-bond donors (Lipinski definition) is 1. The maximum Gasteiger partial charge on any atom is 0.416 e. The van der Waals surface area contributed by atoms with Crippen LogP contribution in [0.4, 0.5) is 13.2 Å². The highest BCUT2D eigenvalue weighted by atomic mass is 32.2. The topological polar surface area (TPSA) is 94.1 Å². The van der Waals surface area contributed by atoms with Gasteiger partial charge in [0.05, 0.1) is 22.6 Å². The van der Waals surface area contributed by atoms with Crippen LogP contribution in [0.3, 0.4) is 0 Å². The molecule has 0 spiro atoms. The van der Waals surface area contributed by atoms with Gasteiger partial charge in [0.15, 0.2) is 5.90 Å². The summed E-state index contributed by atoms with van der Waals surface area (Å²) in [5.41, 5.74) is -1.20. The van der Waals surface area contributed by atoms with Gasteiger partial charge < -0.3 is 9.47 Å². The molecule has 1 amide bonds. The summed E-state index contributed by atoms with van der Waals surface area (Å²) in [6, 6.07) is 7.42. The van der Waals surface area contributed by atoms with Crippen LogP contribution in [0.25, 0.3) is 0 Å². The van der Waals surface area contributed by atoms with Crippen molar-refractivity contribution in [2.24, 2.45) is 4.99 Å². The van der Waals surface area contributed by atoms with Crippen LogP contribution in [0.1, 0.15) is 29.8 Å². The Morgan fingerprint density at radius 2 is 1.87 bits per heavy atom. The van der Waals surface area contributed by atoms with E-state index in [2.05, 4.69) is 9.71 Å². The third kappa shape index (κ3) is 5.80. The quantitative estimate of drug-likeness (QED) is 0.537. The molecule has 0 saturated heterocycles. The Labute approximate surface area is 171 Å². The Balaban J connectivity index is 2.53. The van der Waals surface area contributed by atoms with Gasteiger partial charge >= 0.3 is 6.18 Å². The van der Waals surface area contributed by atoms with Crippen molar-refractivity contribution in [3.63, 3.8) is 0 Å². The molecular formula is C19H19F3N2O5S. The fourth-order valence-electron chi connectivity index (χ4n) is 2.36. The molecule has 0 bridgehead atoms. The van der Waals surface area contributed by atoms with Gasteiger partial charge in [0.25, 0.3) is 5.91 Å². The molecule has 0 atom stereocenters. The highest BCUT2D eigenvalue weighted by Crippen LogP contribution is 2.34. The predicted molar refractivity (Wildman–Crippen MR) is 103 cm³/mol. The second kappa shape index (κ2) is 9.26. The molecule has 30 heavy (non-hydrogen) atoms. The minimum Gasteiger partial charge on any atom is -0.481 e. The number of carbonyl (C=O) groups is 1. The van der Waals surface area contributed by atoms with Crippen molar-refractivity contribution in [3.05, 3.63) is 53.6 Å². The van der Waals surface area contributed by atoms with E-state index in [1.165, 1.54) is 26.1 Å². The molecule has 1 N–H and O–H groups in total. The summed E-state index contributed by atoms with van der Waals surface area (Å²) in [6.07, 6.45) is -4.58. The first-order valence-electron chi connectivity index (χ1n) is 8.63. The average molecular weight is 444 g/mol. The van der Waals surface area contributed by atoms with Crippen LogP contribution >= 0.6 is 0 Å². The molecule has 0 aliphatic rings. The predicted octanol–water partition coefficient (Wildman–Crippen LogP) is 4.00.